The molecule has 0 unspecified atom stereocenters. The summed E-state index contributed by atoms with van der Waals surface area (Å²) < 4.78 is 4.41. The summed E-state index contributed by atoms with van der Waals surface area (Å²) in [7, 11) is 0. The summed E-state index contributed by atoms with van der Waals surface area (Å²) >= 11 is 6.33. The number of hydrogen-bond donors (Lipinski definition) is 1. The van der Waals surface area contributed by atoms with Crippen molar-refractivity contribution in [2.24, 2.45) is 0 Å². The van der Waals surface area contributed by atoms with Gasteiger partial charge in [-0.25, -0.2) is 0 Å². The Bertz CT molecular complexity index is 853. The molecule has 0 aliphatic carbocycles. The van der Waals surface area contributed by atoms with Crippen molar-refractivity contribution in [1.29, 1.82) is 0 Å². The minimum atomic E-state index is -1.40. The molecule has 2 heterocycles. The van der Waals surface area contributed by atoms with Crippen molar-refractivity contribution in [3.63, 3.8) is 0 Å². The van der Waals surface area contributed by atoms with Crippen LogP contribution in [0.3, 0.4) is 0 Å². The second kappa shape index (κ2) is 7.27. The second-order valence-electron chi connectivity index (χ2n) is 4.46. The number of thiophene rings is 1. The molecule has 0 radical (unpaired) electrons. The zero-order valence-electron chi connectivity index (χ0n) is 11.8. The summed E-state index contributed by atoms with van der Waals surface area (Å²) in [5, 5.41) is 3.83. The number of benzene rings is 1. The van der Waals surface area contributed by atoms with Crippen molar-refractivity contribution in [3.8, 4) is 11.8 Å². The summed E-state index contributed by atoms with van der Waals surface area (Å²) in [6.45, 7) is 0. The van der Waals surface area contributed by atoms with Crippen LogP contribution in [-0.4, -0.2) is 19.3 Å². The van der Waals surface area contributed by atoms with Crippen molar-refractivity contribution in [2.45, 2.75) is 0 Å². The van der Waals surface area contributed by atoms with E-state index in [0.29, 0.717) is 5.02 Å². The molecule has 1 N–H and O–H groups in total. The average Bonchev–Trinajstić information content (AvgIpc) is 2.99. The fraction of sp³-hybridized carbons (Fsp3) is 0.125. The first-order valence-corrected chi connectivity index (χ1v) is 12.5. The molecule has 3 aromatic rings. The molecule has 6 heteroatoms. The monoisotopic (exact) mass is 441 g/mol. The van der Waals surface area contributed by atoms with Crippen molar-refractivity contribution in [3.05, 3.63) is 52.6 Å². The molecule has 3 nitrogen and oxygen atoms in total. The predicted octanol–water partition coefficient (Wildman–Crippen LogP) is 4.86. The summed E-state index contributed by atoms with van der Waals surface area (Å²) in [5.41, 5.74) is 0.885. The van der Waals surface area contributed by atoms with Crippen LogP contribution >= 0.6 is 43.0 Å². The average molecular weight is 442 g/mol. The molecule has 0 fully saturated rings. The molecule has 0 atom stereocenters. The summed E-state index contributed by atoms with van der Waals surface area (Å²) in [5.74, 6) is 7.31. The van der Waals surface area contributed by atoms with E-state index >= 15 is 0 Å². The first kappa shape index (κ1) is 15.5. The Balaban J connectivity index is 1.68. The van der Waals surface area contributed by atoms with Crippen LogP contribution in [0.4, 0.5) is 5.82 Å². The van der Waals surface area contributed by atoms with Crippen molar-refractivity contribution >= 4 is 59.1 Å². The predicted molar refractivity (Wildman–Crippen MR) is 104 cm³/mol. The van der Waals surface area contributed by atoms with Crippen LogP contribution < -0.4 is 3.53 Å². The molecule has 0 aliphatic rings. The molecular formula is C16H13ClIN3S. The molecule has 3 rings (SSSR count). The fourth-order valence-corrected chi connectivity index (χ4v) is 5.01. The number of rotatable bonds is 3. The number of nitrogens with zero attached hydrogens (tertiary/aromatic N) is 2. The third-order valence-electron chi connectivity index (χ3n) is 2.88. The van der Waals surface area contributed by atoms with Crippen molar-refractivity contribution in [2.75, 3.05) is 12.9 Å². The van der Waals surface area contributed by atoms with E-state index < -0.39 is 20.1 Å². The molecule has 0 bridgehead atoms. The molecule has 0 saturated carbocycles. The SMILES string of the molecule is CI(CC#Cc1ccccc1Cl)Nc1ncnc2sccc12. The van der Waals surface area contributed by atoms with E-state index in [2.05, 4.69) is 36.3 Å². The number of hydrogen-bond acceptors (Lipinski definition) is 4. The maximum absolute atomic E-state index is 6.10. The van der Waals surface area contributed by atoms with Crippen LogP contribution in [0.15, 0.2) is 42.0 Å². The molecule has 0 saturated heterocycles. The van der Waals surface area contributed by atoms with Gasteiger partial charge in [0, 0.05) is 0 Å². The van der Waals surface area contributed by atoms with E-state index in [-0.39, 0.29) is 0 Å². The van der Waals surface area contributed by atoms with Crippen molar-refractivity contribution < 1.29 is 0 Å². The van der Waals surface area contributed by atoms with Gasteiger partial charge in [-0.2, -0.15) is 0 Å². The first-order chi connectivity index (χ1) is 10.7. The zero-order chi connectivity index (χ0) is 15.4. The topological polar surface area (TPSA) is 37.8 Å². The van der Waals surface area contributed by atoms with Gasteiger partial charge in [-0.3, -0.25) is 0 Å². The summed E-state index contributed by atoms with van der Waals surface area (Å²) in [6, 6.07) is 9.72. The molecule has 1 aromatic carbocycles. The van der Waals surface area contributed by atoms with E-state index in [4.69, 9.17) is 11.6 Å². The third-order valence-corrected chi connectivity index (χ3v) is 6.98. The Kier molecular flexibility index (Phi) is 5.13. The van der Waals surface area contributed by atoms with Crippen LogP contribution in [0.1, 0.15) is 5.56 Å². The van der Waals surface area contributed by atoms with Gasteiger partial charge in [-0.15, -0.1) is 0 Å². The normalized spacial score (nSPS) is 10.9. The molecule has 22 heavy (non-hydrogen) atoms. The standard InChI is InChI=1S/C16H13ClIN3S/c1-18(9-4-6-12-5-2-3-7-14(12)17)21-15-13-8-10-22-16(13)20-11-19-15/h2-3,5,7-8,10-11H,9H2,1H3,(H,19,20,21). The van der Waals surface area contributed by atoms with Gasteiger partial charge in [0.25, 0.3) is 0 Å². The minimum absolute atomic E-state index is 0.704. The fourth-order valence-electron chi connectivity index (χ4n) is 1.84. The third kappa shape index (κ3) is 3.69. The van der Waals surface area contributed by atoms with Gasteiger partial charge in [-0.1, -0.05) is 0 Å². The van der Waals surface area contributed by atoms with Crippen LogP contribution in [0.2, 0.25) is 5.02 Å². The molecule has 0 amide bonds. The summed E-state index contributed by atoms with van der Waals surface area (Å²) in [6.07, 6.45) is 1.61. The van der Waals surface area contributed by atoms with E-state index in [1.165, 1.54) is 0 Å². The molecule has 0 aliphatic heterocycles. The molecule has 112 valence electrons. The van der Waals surface area contributed by atoms with Gasteiger partial charge in [0.15, 0.2) is 0 Å². The Labute approximate surface area is 145 Å². The van der Waals surface area contributed by atoms with E-state index in [1.807, 2.05) is 29.6 Å². The van der Waals surface area contributed by atoms with E-state index in [1.54, 1.807) is 17.7 Å². The van der Waals surface area contributed by atoms with Gasteiger partial charge in [-0.05, 0) is 0 Å². The second-order valence-corrected chi connectivity index (χ2v) is 10.4. The Hall–Kier alpha value is -1.36. The number of nitrogens with one attached hydrogen (secondary N) is 1. The van der Waals surface area contributed by atoms with Gasteiger partial charge < -0.3 is 0 Å². The number of halogens is 2. The van der Waals surface area contributed by atoms with Gasteiger partial charge in [0.2, 0.25) is 0 Å². The van der Waals surface area contributed by atoms with Gasteiger partial charge in [0.05, 0.1) is 0 Å². The Morgan fingerprint density at radius 3 is 3.00 bits per heavy atom. The number of anilines is 1. The molecule has 0 spiro atoms. The number of alkyl halides is 2. The van der Waals surface area contributed by atoms with Crippen LogP contribution in [0.25, 0.3) is 10.2 Å². The molecule has 2 aromatic heterocycles. The van der Waals surface area contributed by atoms with E-state index in [0.717, 1.165) is 26.0 Å². The maximum atomic E-state index is 6.10. The Morgan fingerprint density at radius 1 is 1.27 bits per heavy atom. The van der Waals surface area contributed by atoms with Gasteiger partial charge in [0.1, 0.15) is 0 Å². The van der Waals surface area contributed by atoms with Gasteiger partial charge >= 0.3 is 146 Å². The first-order valence-electron chi connectivity index (χ1n) is 6.48. The van der Waals surface area contributed by atoms with E-state index in [9.17, 15) is 0 Å². The Morgan fingerprint density at radius 2 is 2.14 bits per heavy atom. The zero-order valence-corrected chi connectivity index (χ0v) is 15.5. The van der Waals surface area contributed by atoms with Crippen LogP contribution in [0.5, 0.6) is 0 Å². The quantitative estimate of drug-likeness (QED) is 0.273. The van der Waals surface area contributed by atoms with Crippen LogP contribution in [0, 0.1) is 11.8 Å². The van der Waals surface area contributed by atoms with Crippen molar-refractivity contribution in [1.82, 2.24) is 9.97 Å². The number of aromatic nitrogens is 2. The number of fused-ring (bicyclic) bond motifs is 1. The molecular weight excluding hydrogens is 429 g/mol. The summed E-state index contributed by atoms with van der Waals surface area (Å²) in [4.78, 5) is 11.9. The van der Waals surface area contributed by atoms with Crippen LogP contribution in [-0.2, 0) is 0 Å².